The third kappa shape index (κ3) is 3.93. The molecule has 13 heavy (non-hydrogen) atoms. The lowest BCUT2D eigenvalue weighted by atomic mass is 10.3. The molecule has 1 aromatic rings. The fraction of sp³-hybridized carbons (Fsp3) is 0. The van der Waals surface area contributed by atoms with Crippen molar-refractivity contribution >= 4 is 36.2 Å². The van der Waals surface area contributed by atoms with Gasteiger partial charge in [0.2, 0.25) is 0 Å². The Hall–Kier alpha value is -1.04. The predicted octanol–water partition coefficient (Wildman–Crippen LogP) is 1.72. The van der Waals surface area contributed by atoms with Crippen LogP contribution in [0, 0.1) is 10.1 Å². The van der Waals surface area contributed by atoms with Gasteiger partial charge in [-0.1, -0.05) is 0 Å². The predicted molar refractivity (Wildman–Crippen MR) is 55.4 cm³/mol. The summed E-state index contributed by atoms with van der Waals surface area (Å²) in [4.78, 5) is 9.70. The minimum Gasteiger partial charge on any atom is -0.324 e. The molecular formula is C6H9Cl2N3O2. The van der Waals surface area contributed by atoms with Gasteiger partial charge in [-0.3, -0.25) is 16.0 Å². The van der Waals surface area contributed by atoms with Crippen LogP contribution in [0.5, 0.6) is 0 Å². The minimum absolute atomic E-state index is 0. The Bertz CT molecular complexity index is 265. The summed E-state index contributed by atoms with van der Waals surface area (Å²) in [6.45, 7) is 0. The van der Waals surface area contributed by atoms with Gasteiger partial charge in [0.25, 0.3) is 5.69 Å². The average molecular weight is 226 g/mol. The molecule has 0 atom stereocenters. The molecule has 3 N–H and O–H groups in total. The number of hydrogen-bond donors (Lipinski definition) is 2. The molecule has 0 aliphatic carbocycles. The van der Waals surface area contributed by atoms with Crippen molar-refractivity contribution in [1.29, 1.82) is 0 Å². The molecule has 74 valence electrons. The van der Waals surface area contributed by atoms with Crippen LogP contribution >= 0.6 is 24.8 Å². The summed E-state index contributed by atoms with van der Waals surface area (Å²) in [5.41, 5.74) is 3.08. The van der Waals surface area contributed by atoms with Crippen LogP contribution in [0.2, 0.25) is 0 Å². The first-order valence-corrected chi connectivity index (χ1v) is 2.95. The summed E-state index contributed by atoms with van der Waals surface area (Å²) in [6.07, 6.45) is 0. The second kappa shape index (κ2) is 6.47. The van der Waals surface area contributed by atoms with E-state index in [1.54, 1.807) is 0 Å². The number of benzene rings is 1. The molecule has 0 fully saturated rings. The Morgan fingerprint density at radius 1 is 1.23 bits per heavy atom. The number of non-ortho nitro benzene ring substituents is 1. The van der Waals surface area contributed by atoms with E-state index in [0.717, 1.165) is 0 Å². The molecule has 0 radical (unpaired) electrons. The number of nitrogens with zero attached hydrogens (tertiary/aromatic N) is 1. The first kappa shape index (κ1) is 14.5. The number of halogens is 2. The van der Waals surface area contributed by atoms with Gasteiger partial charge in [0.05, 0.1) is 4.92 Å². The molecule has 7 heteroatoms. The maximum absolute atomic E-state index is 10.2. The van der Waals surface area contributed by atoms with E-state index >= 15 is 0 Å². The van der Waals surface area contributed by atoms with Crippen LogP contribution in [-0.2, 0) is 0 Å². The van der Waals surface area contributed by atoms with Gasteiger partial charge >= 0.3 is 0 Å². The fourth-order valence-corrected chi connectivity index (χ4v) is 0.679. The normalized spacial score (nSPS) is 7.77. The van der Waals surface area contributed by atoms with Crippen molar-refractivity contribution in [3.63, 3.8) is 0 Å². The molecule has 0 amide bonds. The summed E-state index contributed by atoms with van der Waals surface area (Å²) in [5, 5.41) is 10.2. The number of nitrogens with one attached hydrogen (secondary N) is 1. The number of nitro benzene ring substituents is 1. The fourth-order valence-electron chi connectivity index (χ4n) is 0.679. The molecular weight excluding hydrogens is 217 g/mol. The quantitative estimate of drug-likeness (QED) is 0.457. The lowest BCUT2D eigenvalue weighted by molar-refractivity contribution is -0.384. The zero-order chi connectivity index (χ0) is 8.27. The molecule has 0 saturated carbocycles. The SMILES string of the molecule is Cl.Cl.NNc1ccc([N+](=O)[O-])cc1. The van der Waals surface area contributed by atoms with Gasteiger partial charge in [-0.2, -0.15) is 0 Å². The van der Waals surface area contributed by atoms with E-state index in [2.05, 4.69) is 5.43 Å². The summed E-state index contributed by atoms with van der Waals surface area (Å²) in [6, 6.07) is 5.85. The average Bonchev–Trinajstić information content (AvgIpc) is 2.05. The summed E-state index contributed by atoms with van der Waals surface area (Å²) in [7, 11) is 0. The number of hydrazine groups is 1. The zero-order valence-electron chi connectivity index (χ0n) is 6.47. The molecule has 0 aliphatic heterocycles. The highest BCUT2D eigenvalue weighted by molar-refractivity contribution is 5.85. The van der Waals surface area contributed by atoms with Crippen molar-refractivity contribution in [2.75, 3.05) is 5.43 Å². The molecule has 1 rings (SSSR count). The van der Waals surface area contributed by atoms with Crippen LogP contribution in [0.3, 0.4) is 0 Å². The lowest BCUT2D eigenvalue weighted by Gasteiger charge is -1.96. The summed E-state index contributed by atoms with van der Waals surface area (Å²) >= 11 is 0. The monoisotopic (exact) mass is 225 g/mol. The maximum atomic E-state index is 10.2. The van der Waals surface area contributed by atoms with Gasteiger partial charge < -0.3 is 5.43 Å². The Labute approximate surface area is 87.3 Å². The molecule has 0 unspecified atom stereocenters. The molecule has 0 aliphatic rings. The molecule has 0 bridgehead atoms. The Morgan fingerprint density at radius 2 is 1.69 bits per heavy atom. The molecule has 0 heterocycles. The van der Waals surface area contributed by atoms with Crippen molar-refractivity contribution in [1.82, 2.24) is 0 Å². The largest absolute Gasteiger partial charge is 0.324 e. The van der Waals surface area contributed by atoms with Gasteiger partial charge in [-0.25, -0.2) is 0 Å². The Kier molecular flexibility index (Phi) is 7.21. The van der Waals surface area contributed by atoms with Crippen molar-refractivity contribution in [3.05, 3.63) is 34.4 Å². The second-order valence-corrected chi connectivity index (χ2v) is 1.95. The first-order valence-electron chi connectivity index (χ1n) is 2.95. The third-order valence-corrected chi connectivity index (χ3v) is 1.24. The van der Waals surface area contributed by atoms with E-state index in [9.17, 15) is 10.1 Å². The van der Waals surface area contributed by atoms with Crippen LogP contribution in [0.1, 0.15) is 0 Å². The van der Waals surface area contributed by atoms with Gasteiger partial charge in [0, 0.05) is 17.8 Å². The van der Waals surface area contributed by atoms with Crippen LogP contribution < -0.4 is 11.3 Å². The highest BCUT2D eigenvalue weighted by atomic mass is 35.5. The minimum atomic E-state index is -0.458. The van der Waals surface area contributed by atoms with Crippen LogP contribution in [0.25, 0.3) is 0 Å². The van der Waals surface area contributed by atoms with E-state index < -0.39 is 4.92 Å². The maximum Gasteiger partial charge on any atom is 0.269 e. The second-order valence-electron chi connectivity index (χ2n) is 1.95. The molecule has 0 saturated heterocycles. The third-order valence-electron chi connectivity index (χ3n) is 1.24. The first-order chi connectivity index (χ1) is 5.24. The zero-order valence-corrected chi connectivity index (χ0v) is 8.10. The van der Waals surface area contributed by atoms with Gasteiger partial charge in [-0.05, 0) is 12.1 Å². The van der Waals surface area contributed by atoms with Crippen molar-refractivity contribution < 1.29 is 4.92 Å². The highest BCUT2D eigenvalue weighted by Crippen LogP contribution is 2.13. The molecule has 0 aromatic heterocycles. The Morgan fingerprint density at radius 3 is 2.00 bits per heavy atom. The topological polar surface area (TPSA) is 81.2 Å². The number of nitrogens with two attached hydrogens (primary N) is 1. The highest BCUT2D eigenvalue weighted by Gasteiger charge is 2.01. The number of hydrogen-bond acceptors (Lipinski definition) is 4. The van der Waals surface area contributed by atoms with E-state index in [1.807, 2.05) is 0 Å². The van der Waals surface area contributed by atoms with Crippen molar-refractivity contribution in [2.45, 2.75) is 0 Å². The van der Waals surface area contributed by atoms with Crippen LogP contribution in [-0.4, -0.2) is 4.92 Å². The number of rotatable bonds is 2. The molecule has 5 nitrogen and oxygen atoms in total. The standard InChI is InChI=1S/C6H7N3O2.2ClH/c7-8-5-1-3-6(4-2-5)9(10)11;;/h1-4,8H,7H2;2*1H. The van der Waals surface area contributed by atoms with E-state index in [1.165, 1.54) is 24.3 Å². The molecule has 0 spiro atoms. The summed E-state index contributed by atoms with van der Waals surface area (Å²) in [5.74, 6) is 5.06. The van der Waals surface area contributed by atoms with E-state index in [-0.39, 0.29) is 30.5 Å². The number of nitro groups is 1. The lowest BCUT2D eigenvalue weighted by Crippen LogP contribution is -2.06. The van der Waals surface area contributed by atoms with Gasteiger partial charge in [-0.15, -0.1) is 24.8 Å². The number of anilines is 1. The van der Waals surface area contributed by atoms with Crippen LogP contribution in [0.4, 0.5) is 11.4 Å². The van der Waals surface area contributed by atoms with Crippen molar-refractivity contribution in [2.24, 2.45) is 5.84 Å². The molecule has 1 aromatic carbocycles. The van der Waals surface area contributed by atoms with Crippen molar-refractivity contribution in [3.8, 4) is 0 Å². The van der Waals surface area contributed by atoms with Crippen LogP contribution in [0.15, 0.2) is 24.3 Å². The van der Waals surface area contributed by atoms with E-state index in [0.29, 0.717) is 5.69 Å². The summed E-state index contributed by atoms with van der Waals surface area (Å²) < 4.78 is 0. The van der Waals surface area contributed by atoms with Gasteiger partial charge in [0.15, 0.2) is 0 Å². The Balaban J connectivity index is 0. The number of nitrogen functional groups attached to an aromatic ring is 1. The van der Waals surface area contributed by atoms with E-state index in [4.69, 9.17) is 5.84 Å². The smallest absolute Gasteiger partial charge is 0.269 e. The van der Waals surface area contributed by atoms with Gasteiger partial charge in [0.1, 0.15) is 0 Å².